The van der Waals surface area contributed by atoms with Crippen LogP contribution in [0.4, 0.5) is 11.4 Å². The van der Waals surface area contributed by atoms with Crippen molar-refractivity contribution in [3.8, 4) is 5.75 Å². The van der Waals surface area contributed by atoms with E-state index < -0.39 is 4.92 Å². The molecule has 2 aromatic rings. The number of nitrogens with one attached hydrogen (secondary N) is 1. The minimum Gasteiger partial charge on any atom is -0.490 e. The molecule has 0 saturated carbocycles. The number of para-hydroxylation sites is 1. The molecule has 0 saturated heterocycles. The minimum atomic E-state index is -0.500. The smallest absolute Gasteiger partial charge is 0.333 e. The molecule has 2 rings (SSSR count). The van der Waals surface area contributed by atoms with Crippen LogP contribution in [0.15, 0.2) is 22.7 Å². The number of anilines is 1. The lowest BCUT2D eigenvalue weighted by Crippen LogP contribution is -2.04. The molecule has 0 fully saturated rings. The van der Waals surface area contributed by atoms with Crippen LogP contribution in [0.2, 0.25) is 0 Å². The van der Waals surface area contributed by atoms with Crippen LogP contribution in [0.25, 0.3) is 0 Å². The monoisotopic (exact) mass is 264 g/mol. The van der Waals surface area contributed by atoms with E-state index in [-0.39, 0.29) is 18.0 Å². The molecule has 0 aliphatic carbocycles. The minimum absolute atomic E-state index is 0.124. The lowest BCUT2D eigenvalue weighted by atomic mass is 10.2. The molecule has 1 aromatic heterocycles. The van der Waals surface area contributed by atoms with E-state index in [2.05, 4.69) is 15.5 Å². The number of aryl methyl sites for hydroxylation is 1. The highest BCUT2D eigenvalue weighted by atomic mass is 16.6. The average molecular weight is 264 g/mol. The second-order valence-electron chi connectivity index (χ2n) is 3.70. The number of hydrogen-bond acceptors (Lipinski definition) is 7. The van der Waals surface area contributed by atoms with Crippen molar-refractivity contribution >= 4 is 11.4 Å². The standard InChI is InChI=1S/C11H12N4O4/c1-7-13-10(19-14-7)6-12-8-4-3-5-9(18-2)11(8)15(16)17/h3-5,12H,6H2,1-2H3. The van der Waals surface area contributed by atoms with Gasteiger partial charge in [0, 0.05) is 0 Å². The summed E-state index contributed by atoms with van der Waals surface area (Å²) >= 11 is 0. The Morgan fingerprint density at radius 1 is 1.53 bits per heavy atom. The van der Waals surface area contributed by atoms with Crippen LogP contribution in [0.1, 0.15) is 11.7 Å². The molecule has 0 bridgehead atoms. The number of ether oxygens (including phenoxy) is 1. The maximum atomic E-state index is 11.1. The van der Waals surface area contributed by atoms with Gasteiger partial charge in [-0.1, -0.05) is 11.2 Å². The van der Waals surface area contributed by atoms with E-state index in [9.17, 15) is 10.1 Å². The third-order valence-electron chi connectivity index (χ3n) is 2.40. The molecule has 19 heavy (non-hydrogen) atoms. The third-order valence-corrected chi connectivity index (χ3v) is 2.40. The third kappa shape index (κ3) is 2.79. The van der Waals surface area contributed by atoms with E-state index >= 15 is 0 Å². The first kappa shape index (κ1) is 12.8. The molecule has 8 heteroatoms. The number of aromatic nitrogens is 2. The van der Waals surface area contributed by atoms with Crippen molar-refractivity contribution in [3.63, 3.8) is 0 Å². The Morgan fingerprint density at radius 2 is 2.32 bits per heavy atom. The molecule has 0 spiro atoms. The predicted molar refractivity (Wildman–Crippen MR) is 66.0 cm³/mol. The fourth-order valence-electron chi connectivity index (χ4n) is 1.60. The molecule has 0 amide bonds. The zero-order chi connectivity index (χ0) is 13.8. The normalized spacial score (nSPS) is 10.2. The van der Waals surface area contributed by atoms with Crippen LogP contribution < -0.4 is 10.1 Å². The van der Waals surface area contributed by atoms with E-state index in [4.69, 9.17) is 9.26 Å². The lowest BCUT2D eigenvalue weighted by molar-refractivity contribution is -0.384. The van der Waals surface area contributed by atoms with Gasteiger partial charge in [0.15, 0.2) is 11.6 Å². The molecule has 0 aliphatic rings. The summed E-state index contributed by atoms with van der Waals surface area (Å²) in [5.74, 6) is 1.06. The molecule has 1 N–H and O–H groups in total. The first-order valence-electron chi connectivity index (χ1n) is 5.46. The first-order chi connectivity index (χ1) is 9.11. The van der Waals surface area contributed by atoms with E-state index in [1.807, 2.05) is 0 Å². The Morgan fingerprint density at radius 3 is 2.89 bits per heavy atom. The Hall–Kier alpha value is -2.64. The van der Waals surface area contributed by atoms with Crippen molar-refractivity contribution in [2.45, 2.75) is 13.5 Å². The summed E-state index contributed by atoms with van der Waals surface area (Å²) in [6.45, 7) is 1.90. The molecule has 0 unspecified atom stereocenters. The Kier molecular flexibility index (Phi) is 3.60. The summed E-state index contributed by atoms with van der Waals surface area (Å²) in [6.07, 6.45) is 0. The van der Waals surface area contributed by atoms with Gasteiger partial charge in [-0.05, 0) is 19.1 Å². The summed E-state index contributed by atoms with van der Waals surface area (Å²) in [4.78, 5) is 14.6. The van der Waals surface area contributed by atoms with Crippen molar-refractivity contribution in [2.75, 3.05) is 12.4 Å². The summed E-state index contributed by atoms with van der Waals surface area (Å²) in [6, 6.07) is 4.78. The van der Waals surface area contributed by atoms with Crippen LogP contribution in [0, 0.1) is 17.0 Å². The highest BCUT2D eigenvalue weighted by Crippen LogP contribution is 2.34. The quantitative estimate of drug-likeness (QED) is 0.649. The van der Waals surface area contributed by atoms with Crippen LogP contribution in [-0.4, -0.2) is 22.2 Å². The fourth-order valence-corrected chi connectivity index (χ4v) is 1.60. The molecule has 0 radical (unpaired) electrons. The second kappa shape index (κ2) is 5.34. The van der Waals surface area contributed by atoms with Crippen molar-refractivity contribution in [3.05, 3.63) is 40.0 Å². The van der Waals surface area contributed by atoms with Gasteiger partial charge < -0.3 is 14.6 Å². The molecule has 1 heterocycles. The van der Waals surface area contributed by atoms with Gasteiger partial charge in [0.1, 0.15) is 5.69 Å². The second-order valence-corrected chi connectivity index (χ2v) is 3.70. The van der Waals surface area contributed by atoms with Crippen molar-refractivity contribution < 1.29 is 14.2 Å². The molecule has 8 nitrogen and oxygen atoms in total. The van der Waals surface area contributed by atoms with Gasteiger partial charge in [0.05, 0.1) is 18.6 Å². The van der Waals surface area contributed by atoms with Crippen molar-refractivity contribution in [2.24, 2.45) is 0 Å². The van der Waals surface area contributed by atoms with Crippen LogP contribution in [-0.2, 0) is 6.54 Å². The first-order valence-corrected chi connectivity index (χ1v) is 5.46. The Balaban J connectivity index is 2.22. The number of methoxy groups -OCH3 is 1. The maximum Gasteiger partial charge on any atom is 0.333 e. The average Bonchev–Trinajstić information content (AvgIpc) is 2.81. The molecule has 100 valence electrons. The topological polar surface area (TPSA) is 103 Å². The predicted octanol–water partition coefficient (Wildman–Crippen LogP) is 1.91. The largest absolute Gasteiger partial charge is 0.490 e. The number of nitro benzene ring substituents is 1. The number of nitrogens with zero attached hydrogens (tertiary/aromatic N) is 3. The van der Waals surface area contributed by atoms with Gasteiger partial charge in [-0.15, -0.1) is 0 Å². The fraction of sp³-hybridized carbons (Fsp3) is 0.273. The van der Waals surface area contributed by atoms with Gasteiger partial charge in [0.2, 0.25) is 5.89 Å². The van der Waals surface area contributed by atoms with E-state index in [1.165, 1.54) is 13.2 Å². The highest BCUT2D eigenvalue weighted by molar-refractivity contribution is 5.68. The van der Waals surface area contributed by atoms with Gasteiger partial charge >= 0.3 is 5.69 Å². The summed E-state index contributed by atoms with van der Waals surface area (Å²) < 4.78 is 9.89. The Labute approximate surface area is 108 Å². The van der Waals surface area contributed by atoms with Crippen molar-refractivity contribution in [1.29, 1.82) is 0 Å². The summed E-state index contributed by atoms with van der Waals surface area (Å²) in [7, 11) is 1.38. The van der Waals surface area contributed by atoms with Crippen molar-refractivity contribution in [1.82, 2.24) is 10.1 Å². The number of benzene rings is 1. The van der Waals surface area contributed by atoms with Gasteiger partial charge in [-0.3, -0.25) is 10.1 Å². The highest BCUT2D eigenvalue weighted by Gasteiger charge is 2.20. The number of nitro groups is 1. The molecular formula is C11H12N4O4. The lowest BCUT2D eigenvalue weighted by Gasteiger charge is -2.07. The van der Waals surface area contributed by atoms with E-state index in [0.29, 0.717) is 17.4 Å². The number of rotatable bonds is 5. The van der Waals surface area contributed by atoms with Crippen LogP contribution in [0.3, 0.4) is 0 Å². The van der Waals surface area contributed by atoms with E-state index in [1.54, 1.807) is 19.1 Å². The summed E-state index contributed by atoms with van der Waals surface area (Å²) in [5, 5.41) is 17.6. The summed E-state index contributed by atoms with van der Waals surface area (Å²) in [5.41, 5.74) is 0.210. The maximum absolute atomic E-state index is 11.1. The molecular weight excluding hydrogens is 252 g/mol. The molecule has 1 aromatic carbocycles. The zero-order valence-corrected chi connectivity index (χ0v) is 10.4. The molecule has 0 aliphatic heterocycles. The Bertz CT molecular complexity index is 596. The van der Waals surface area contributed by atoms with E-state index in [0.717, 1.165) is 0 Å². The van der Waals surface area contributed by atoms with Crippen LogP contribution >= 0.6 is 0 Å². The SMILES string of the molecule is COc1cccc(NCc2nc(C)no2)c1[N+](=O)[O-]. The van der Waals surface area contributed by atoms with Gasteiger partial charge in [0.25, 0.3) is 0 Å². The van der Waals surface area contributed by atoms with Gasteiger partial charge in [-0.25, -0.2) is 0 Å². The van der Waals surface area contributed by atoms with Gasteiger partial charge in [-0.2, -0.15) is 4.98 Å². The number of hydrogen-bond donors (Lipinski definition) is 1. The molecule has 0 atom stereocenters. The zero-order valence-electron chi connectivity index (χ0n) is 10.4. The van der Waals surface area contributed by atoms with Crippen LogP contribution in [0.5, 0.6) is 5.75 Å².